The first kappa shape index (κ1) is 12.2. The highest BCUT2D eigenvalue weighted by Gasteiger charge is 2.26. The van der Waals surface area contributed by atoms with Crippen molar-refractivity contribution < 1.29 is 4.74 Å². The molecule has 0 aliphatic carbocycles. The predicted molar refractivity (Wildman–Crippen MR) is 71.9 cm³/mol. The molecule has 2 rings (SSSR count). The highest BCUT2D eigenvalue weighted by Crippen LogP contribution is 2.39. The molecule has 3 nitrogen and oxygen atoms in total. The van der Waals surface area contributed by atoms with Gasteiger partial charge in [-0.2, -0.15) is 0 Å². The van der Waals surface area contributed by atoms with Crippen LogP contribution in [-0.2, 0) is 6.42 Å². The average molecular weight is 234 g/mol. The molecule has 0 spiro atoms. The standard InChI is InChI=1S/C14H22N2O/c1-10-4-7-13(17-3)14-12(10)6-5-11(8-9-15)16(14)2/h4,7,11H,5-6,8-9,15H2,1-3H3. The van der Waals surface area contributed by atoms with Gasteiger partial charge in [0, 0.05) is 13.1 Å². The number of hydrogen-bond donors (Lipinski definition) is 1. The fourth-order valence-electron chi connectivity index (χ4n) is 2.80. The van der Waals surface area contributed by atoms with Crippen LogP contribution in [-0.4, -0.2) is 26.7 Å². The van der Waals surface area contributed by atoms with E-state index < -0.39 is 0 Å². The first-order valence-electron chi connectivity index (χ1n) is 6.28. The highest BCUT2D eigenvalue weighted by atomic mass is 16.5. The van der Waals surface area contributed by atoms with E-state index in [1.807, 2.05) is 0 Å². The van der Waals surface area contributed by atoms with Crippen LogP contribution in [0.4, 0.5) is 5.69 Å². The van der Waals surface area contributed by atoms with Crippen molar-refractivity contribution in [2.45, 2.75) is 32.2 Å². The van der Waals surface area contributed by atoms with Gasteiger partial charge in [0.25, 0.3) is 0 Å². The van der Waals surface area contributed by atoms with Crippen molar-refractivity contribution in [1.29, 1.82) is 0 Å². The molecule has 1 aliphatic heterocycles. The third-order valence-corrected chi connectivity index (χ3v) is 3.83. The Morgan fingerprint density at radius 1 is 1.47 bits per heavy atom. The summed E-state index contributed by atoms with van der Waals surface area (Å²) in [6.45, 7) is 2.92. The maximum absolute atomic E-state index is 5.68. The Kier molecular flexibility index (Phi) is 3.57. The molecule has 1 unspecified atom stereocenters. The summed E-state index contributed by atoms with van der Waals surface area (Å²) in [5, 5.41) is 0. The Labute approximate surface area is 104 Å². The number of nitrogens with two attached hydrogens (primary N) is 1. The van der Waals surface area contributed by atoms with E-state index in [0.717, 1.165) is 25.1 Å². The summed E-state index contributed by atoms with van der Waals surface area (Å²) in [4.78, 5) is 2.34. The molecule has 0 bridgehead atoms. The van der Waals surface area contributed by atoms with Gasteiger partial charge < -0.3 is 15.4 Å². The number of aryl methyl sites for hydroxylation is 1. The number of nitrogens with zero attached hydrogens (tertiary/aromatic N) is 1. The van der Waals surface area contributed by atoms with E-state index >= 15 is 0 Å². The third kappa shape index (κ3) is 2.12. The molecular weight excluding hydrogens is 212 g/mol. The van der Waals surface area contributed by atoms with Crippen molar-refractivity contribution in [1.82, 2.24) is 0 Å². The smallest absolute Gasteiger partial charge is 0.142 e. The predicted octanol–water partition coefficient (Wildman–Crippen LogP) is 2.10. The van der Waals surface area contributed by atoms with Crippen molar-refractivity contribution in [3.05, 3.63) is 23.3 Å². The number of fused-ring (bicyclic) bond motifs is 1. The van der Waals surface area contributed by atoms with Gasteiger partial charge in [-0.15, -0.1) is 0 Å². The Morgan fingerprint density at radius 3 is 2.88 bits per heavy atom. The maximum Gasteiger partial charge on any atom is 0.142 e. The van der Waals surface area contributed by atoms with Crippen LogP contribution >= 0.6 is 0 Å². The molecule has 1 heterocycles. The Morgan fingerprint density at radius 2 is 2.24 bits per heavy atom. The summed E-state index contributed by atoms with van der Waals surface area (Å²) in [6, 6.07) is 4.76. The van der Waals surface area contributed by atoms with Crippen molar-refractivity contribution >= 4 is 5.69 Å². The monoisotopic (exact) mass is 234 g/mol. The summed E-state index contributed by atoms with van der Waals surface area (Å²) in [5.41, 5.74) is 9.74. The van der Waals surface area contributed by atoms with Gasteiger partial charge in [0.15, 0.2) is 0 Å². The molecule has 0 aromatic heterocycles. The molecule has 94 valence electrons. The fourth-order valence-corrected chi connectivity index (χ4v) is 2.80. The maximum atomic E-state index is 5.68. The molecule has 0 amide bonds. The zero-order valence-corrected chi connectivity index (χ0v) is 11.0. The van der Waals surface area contributed by atoms with Gasteiger partial charge in [0.1, 0.15) is 5.75 Å². The van der Waals surface area contributed by atoms with Crippen LogP contribution in [0.25, 0.3) is 0 Å². The Balaban J connectivity index is 2.42. The number of ether oxygens (including phenoxy) is 1. The van der Waals surface area contributed by atoms with Crippen LogP contribution in [0.15, 0.2) is 12.1 Å². The van der Waals surface area contributed by atoms with Crippen LogP contribution in [0.2, 0.25) is 0 Å². The second-order valence-electron chi connectivity index (χ2n) is 4.79. The first-order valence-corrected chi connectivity index (χ1v) is 6.28. The highest BCUT2D eigenvalue weighted by molar-refractivity contribution is 5.67. The van der Waals surface area contributed by atoms with Crippen LogP contribution in [0.1, 0.15) is 24.0 Å². The largest absolute Gasteiger partial charge is 0.495 e. The number of hydrogen-bond acceptors (Lipinski definition) is 3. The molecule has 0 fully saturated rings. The van der Waals surface area contributed by atoms with Gasteiger partial charge in [-0.3, -0.25) is 0 Å². The van der Waals surface area contributed by atoms with E-state index in [1.54, 1.807) is 7.11 Å². The molecule has 0 radical (unpaired) electrons. The minimum absolute atomic E-state index is 0.545. The second kappa shape index (κ2) is 4.96. The molecule has 1 aromatic carbocycles. The average Bonchev–Trinajstić information content (AvgIpc) is 2.34. The number of anilines is 1. The molecular formula is C14H22N2O. The van der Waals surface area contributed by atoms with Crippen molar-refractivity contribution in [2.24, 2.45) is 5.73 Å². The lowest BCUT2D eigenvalue weighted by Crippen LogP contribution is -2.38. The summed E-state index contributed by atoms with van der Waals surface area (Å²) in [6.07, 6.45) is 3.37. The van der Waals surface area contributed by atoms with E-state index in [2.05, 4.69) is 31.0 Å². The first-order chi connectivity index (χ1) is 8.19. The van der Waals surface area contributed by atoms with Crippen LogP contribution in [0.5, 0.6) is 5.75 Å². The Hall–Kier alpha value is -1.22. The zero-order chi connectivity index (χ0) is 12.4. The fraction of sp³-hybridized carbons (Fsp3) is 0.571. The van der Waals surface area contributed by atoms with Gasteiger partial charge in [-0.05, 0) is 49.9 Å². The molecule has 1 atom stereocenters. The molecule has 0 saturated heterocycles. The number of methoxy groups -OCH3 is 1. The van der Waals surface area contributed by atoms with Gasteiger partial charge in [-0.25, -0.2) is 0 Å². The van der Waals surface area contributed by atoms with E-state index in [0.29, 0.717) is 6.04 Å². The lowest BCUT2D eigenvalue weighted by molar-refractivity contribution is 0.408. The zero-order valence-electron chi connectivity index (χ0n) is 11.0. The number of benzene rings is 1. The molecule has 1 aromatic rings. The lowest BCUT2D eigenvalue weighted by atomic mass is 9.91. The van der Waals surface area contributed by atoms with Crippen molar-refractivity contribution in [3.8, 4) is 5.75 Å². The molecule has 0 saturated carbocycles. The van der Waals surface area contributed by atoms with Crippen molar-refractivity contribution in [3.63, 3.8) is 0 Å². The molecule has 1 aliphatic rings. The normalized spacial score (nSPS) is 19.1. The topological polar surface area (TPSA) is 38.5 Å². The van der Waals surface area contributed by atoms with E-state index in [-0.39, 0.29) is 0 Å². The summed E-state index contributed by atoms with van der Waals surface area (Å²) < 4.78 is 5.49. The second-order valence-corrected chi connectivity index (χ2v) is 4.79. The lowest BCUT2D eigenvalue weighted by Gasteiger charge is -2.37. The summed E-state index contributed by atoms with van der Waals surface area (Å²) in [5.74, 6) is 0.981. The SMILES string of the molecule is COc1ccc(C)c2c1N(C)C(CCN)CC2. The van der Waals surface area contributed by atoms with Crippen molar-refractivity contribution in [2.75, 3.05) is 25.6 Å². The van der Waals surface area contributed by atoms with Gasteiger partial charge in [0.2, 0.25) is 0 Å². The van der Waals surface area contributed by atoms with Crippen LogP contribution in [0.3, 0.4) is 0 Å². The van der Waals surface area contributed by atoms with E-state index in [9.17, 15) is 0 Å². The minimum Gasteiger partial charge on any atom is -0.495 e. The van der Waals surface area contributed by atoms with Gasteiger partial charge in [-0.1, -0.05) is 6.07 Å². The number of rotatable bonds is 3. The summed E-state index contributed by atoms with van der Waals surface area (Å²) >= 11 is 0. The Bertz CT molecular complexity index is 403. The third-order valence-electron chi connectivity index (χ3n) is 3.83. The minimum atomic E-state index is 0.545. The van der Waals surface area contributed by atoms with Crippen LogP contribution < -0.4 is 15.4 Å². The van der Waals surface area contributed by atoms with Crippen LogP contribution in [0, 0.1) is 6.92 Å². The molecule has 3 heteroatoms. The van der Waals surface area contributed by atoms with Gasteiger partial charge in [0.05, 0.1) is 12.8 Å². The summed E-state index contributed by atoms with van der Waals surface area (Å²) in [7, 11) is 3.89. The van der Waals surface area contributed by atoms with Gasteiger partial charge >= 0.3 is 0 Å². The molecule has 17 heavy (non-hydrogen) atoms. The van der Waals surface area contributed by atoms with E-state index in [4.69, 9.17) is 10.5 Å². The molecule has 2 N–H and O–H groups in total. The quantitative estimate of drug-likeness (QED) is 0.870. The van der Waals surface area contributed by atoms with E-state index in [1.165, 1.54) is 23.2 Å².